The molecule has 4 aliphatic rings. The SMILES string of the molecule is c1ccc(-n2c3ccccc3c3ccc(N(c4ccc5c(c4)-c4ccccc4C54c5ccccc5Oc5ccccc54)c4ccc5c(c4)C4(c6ccccc6Oc6ccccc64)c4ccccc4-5)cc32)cc1. The zero-order chi connectivity index (χ0) is 47.1. The van der Waals surface area contributed by atoms with Gasteiger partial charge in [0.2, 0.25) is 0 Å². The molecule has 3 heterocycles. The number of fused-ring (bicyclic) bond motifs is 21. The Balaban J connectivity index is 0.987. The van der Waals surface area contributed by atoms with E-state index in [9.17, 15) is 0 Å². The average molecular weight is 919 g/mol. The van der Waals surface area contributed by atoms with Gasteiger partial charge in [-0.05, 0) is 123 Å². The van der Waals surface area contributed by atoms with Gasteiger partial charge in [-0.1, -0.05) is 176 Å². The van der Waals surface area contributed by atoms with Crippen LogP contribution in [-0.2, 0) is 10.8 Å². The molecule has 16 rings (SSSR count). The van der Waals surface area contributed by atoms with E-state index in [1.54, 1.807) is 0 Å². The van der Waals surface area contributed by atoms with E-state index in [1.165, 1.54) is 60.8 Å². The molecule has 11 aromatic carbocycles. The third kappa shape index (κ3) is 5.05. The normalized spacial score (nSPS) is 14.3. The van der Waals surface area contributed by atoms with Crippen LogP contribution < -0.4 is 14.4 Å². The first-order valence-corrected chi connectivity index (χ1v) is 24.8. The summed E-state index contributed by atoms with van der Waals surface area (Å²) >= 11 is 0. The van der Waals surface area contributed by atoms with Crippen LogP contribution in [0, 0.1) is 0 Å². The molecule has 4 heteroatoms. The Kier molecular flexibility index (Phi) is 7.99. The third-order valence-corrected chi connectivity index (χ3v) is 16.1. The Hall–Kier alpha value is -9.38. The van der Waals surface area contributed by atoms with E-state index < -0.39 is 10.8 Å². The number of hydrogen-bond acceptors (Lipinski definition) is 3. The highest BCUT2D eigenvalue weighted by atomic mass is 16.5. The van der Waals surface area contributed by atoms with E-state index >= 15 is 0 Å². The van der Waals surface area contributed by atoms with Crippen molar-refractivity contribution in [2.45, 2.75) is 10.8 Å². The van der Waals surface area contributed by atoms with Crippen LogP contribution in [0.3, 0.4) is 0 Å². The number of aromatic nitrogens is 1. The summed E-state index contributed by atoms with van der Waals surface area (Å²) in [6.07, 6.45) is 0. The van der Waals surface area contributed by atoms with E-state index in [4.69, 9.17) is 9.47 Å². The standard InChI is InChI=1S/C68H42N2O2/c1-2-18-43(19-3-1)70-61-29-13-6-22-50(61)51-38-35-46(42-62(51)70)69(44-36-39-55-52(40-44)48-21-5-8-24-54(48)67(55)56-25-9-14-30-63(56)71-64-31-15-10-26-57(64)67)45-34-37-49-47-20-4-7-23-53(47)68(60(49)41-45)58-27-11-16-32-65(58)72-66-33-17-12-28-59(66)68/h1-42H. The van der Waals surface area contributed by atoms with Gasteiger partial charge < -0.3 is 18.9 Å². The molecule has 0 saturated heterocycles. The van der Waals surface area contributed by atoms with Gasteiger partial charge in [-0.3, -0.25) is 0 Å². The van der Waals surface area contributed by atoms with Crippen molar-refractivity contribution in [3.63, 3.8) is 0 Å². The molecule has 336 valence electrons. The maximum Gasteiger partial charge on any atom is 0.132 e. The first kappa shape index (κ1) is 39.5. The van der Waals surface area contributed by atoms with Gasteiger partial charge in [0.25, 0.3) is 0 Å². The highest BCUT2D eigenvalue weighted by Gasteiger charge is 2.53. The summed E-state index contributed by atoms with van der Waals surface area (Å²) in [6.45, 7) is 0. The molecule has 2 aliphatic carbocycles. The average Bonchev–Trinajstić information content (AvgIpc) is 4.04. The fourth-order valence-electron chi connectivity index (χ4n) is 13.4. The summed E-state index contributed by atoms with van der Waals surface area (Å²) in [6, 6.07) is 93.3. The summed E-state index contributed by atoms with van der Waals surface area (Å²) in [5.41, 5.74) is 19.9. The third-order valence-electron chi connectivity index (χ3n) is 16.1. The molecule has 1 aromatic heterocycles. The maximum absolute atomic E-state index is 6.77. The van der Waals surface area contributed by atoms with Gasteiger partial charge in [0.1, 0.15) is 23.0 Å². The summed E-state index contributed by atoms with van der Waals surface area (Å²) in [7, 11) is 0. The zero-order valence-electron chi connectivity index (χ0n) is 39.0. The molecule has 12 aromatic rings. The van der Waals surface area contributed by atoms with E-state index in [0.717, 1.165) is 73.5 Å². The van der Waals surface area contributed by atoms with Crippen LogP contribution in [0.4, 0.5) is 17.1 Å². The molecule has 0 unspecified atom stereocenters. The van der Waals surface area contributed by atoms with Crippen molar-refractivity contribution in [2.75, 3.05) is 4.90 Å². The second kappa shape index (κ2) is 14.6. The van der Waals surface area contributed by atoms with Gasteiger partial charge in [0.05, 0.1) is 21.9 Å². The molecular weight excluding hydrogens is 877 g/mol. The lowest BCUT2D eigenvalue weighted by Crippen LogP contribution is -2.32. The molecule has 0 atom stereocenters. The van der Waals surface area contributed by atoms with Crippen LogP contribution in [0.5, 0.6) is 23.0 Å². The molecule has 0 bridgehead atoms. The number of benzene rings is 11. The molecule has 72 heavy (non-hydrogen) atoms. The van der Waals surface area contributed by atoms with E-state index in [-0.39, 0.29) is 0 Å². The van der Waals surface area contributed by atoms with E-state index in [2.05, 4.69) is 264 Å². The number of rotatable bonds is 4. The molecule has 2 spiro atoms. The Morgan fingerprint density at radius 3 is 1.32 bits per heavy atom. The molecule has 0 amide bonds. The van der Waals surface area contributed by atoms with Gasteiger partial charge in [-0.15, -0.1) is 0 Å². The van der Waals surface area contributed by atoms with E-state index in [0.29, 0.717) is 0 Å². The molecule has 2 aliphatic heterocycles. The van der Waals surface area contributed by atoms with Crippen molar-refractivity contribution in [2.24, 2.45) is 0 Å². The molecule has 0 N–H and O–H groups in total. The highest BCUT2D eigenvalue weighted by molar-refractivity contribution is 6.10. The predicted octanol–water partition coefficient (Wildman–Crippen LogP) is 17.2. The topological polar surface area (TPSA) is 26.6 Å². The molecule has 0 saturated carbocycles. The number of nitrogens with zero attached hydrogens (tertiary/aromatic N) is 2. The van der Waals surface area contributed by atoms with Crippen LogP contribution in [-0.4, -0.2) is 4.57 Å². The van der Waals surface area contributed by atoms with Crippen molar-refractivity contribution in [1.29, 1.82) is 0 Å². The van der Waals surface area contributed by atoms with Gasteiger partial charge >= 0.3 is 0 Å². The summed E-state index contributed by atoms with van der Waals surface area (Å²) in [5, 5.41) is 2.43. The monoisotopic (exact) mass is 918 g/mol. The van der Waals surface area contributed by atoms with Crippen molar-refractivity contribution in [1.82, 2.24) is 4.57 Å². The predicted molar refractivity (Wildman–Crippen MR) is 290 cm³/mol. The highest BCUT2D eigenvalue weighted by Crippen LogP contribution is 2.65. The minimum absolute atomic E-state index is 0.578. The minimum atomic E-state index is -0.629. The van der Waals surface area contributed by atoms with Crippen molar-refractivity contribution < 1.29 is 9.47 Å². The van der Waals surface area contributed by atoms with E-state index in [1.807, 2.05) is 0 Å². The first-order valence-electron chi connectivity index (χ1n) is 24.8. The van der Waals surface area contributed by atoms with Gasteiger partial charge in [-0.2, -0.15) is 0 Å². The van der Waals surface area contributed by atoms with Crippen molar-refractivity contribution in [3.05, 3.63) is 299 Å². The van der Waals surface area contributed by atoms with Gasteiger partial charge in [0, 0.05) is 55.8 Å². The Labute approximate surface area is 416 Å². The fourth-order valence-corrected chi connectivity index (χ4v) is 13.4. The van der Waals surface area contributed by atoms with Crippen molar-refractivity contribution >= 4 is 38.9 Å². The Morgan fingerprint density at radius 2 is 0.694 bits per heavy atom. The van der Waals surface area contributed by atoms with Crippen LogP contribution in [0.1, 0.15) is 44.5 Å². The van der Waals surface area contributed by atoms with Crippen molar-refractivity contribution in [3.8, 4) is 50.9 Å². The van der Waals surface area contributed by atoms with Crippen LogP contribution >= 0.6 is 0 Å². The molecule has 4 nitrogen and oxygen atoms in total. The van der Waals surface area contributed by atoms with Crippen LogP contribution in [0.25, 0.3) is 49.7 Å². The van der Waals surface area contributed by atoms with Gasteiger partial charge in [-0.25, -0.2) is 0 Å². The lowest BCUT2D eigenvalue weighted by molar-refractivity contribution is 0.436. The first-order chi connectivity index (χ1) is 35.7. The maximum atomic E-state index is 6.77. The minimum Gasteiger partial charge on any atom is -0.457 e. The second-order valence-electron chi connectivity index (χ2n) is 19.5. The molecule has 0 radical (unpaired) electrons. The number of anilines is 3. The number of ether oxygens (including phenoxy) is 2. The van der Waals surface area contributed by atoms with Crippen LogP contribution in [0.15, 0.2) is 255 Å². The largest absolute Gasteiger partial charge is 0.457 e. The second-order valence-corrected chi connectivity index (χ2v) is 19.5. The smallest absolute Gasteiger partial charge is 0.132 e. The lowest BCUT2D eigenvalue weighted by atomic mass is 9.66. The molecular formula is C68H42N2O2. The molecule has 0 fully saturated rings. The Morgan fingerprint density at radius 1 is 0.278 bits per heavy atom. The Bertz CT molecular complexity index is 4170. The van der Waals surface area contributed by atoms with Crippen LogP contribution in [0.2, 0.25) is 0 Å². The summed E-state index contributed by atoms with van der Waals surface area (Å²) < 4.78 is 15.9. The number of para-hydroxylation sites is 6. The fraction of sp³-hybridized carbons (Fsp3) is 0.0294. The zero-order valence-corrected chi connectivity index (χ0v) is 39.0. The summed E-state index contributed by atoms with van der Waals surface area (Å²) in [4.78, 5) is 2.49. The quantitative estimate of drug-likeness (QED) is 0.176. The lowest BCUT2D eigenvalue weighted by Gasteiger charge is -2.40. The summed E-state index contributed by atoms with van der Waals surface area (Å²) in [5.74, 6) is 3.53. The van der Waals surface area contributed by atoms with Gasteiger partial charge in [0.15, 0.2) is 0 Å². The number of hydrogen-bond donors (Lipinski definition) is 0.